The van der Waals surface area contributed by atoms with Crippen LogP contribution in [-0.4, -0.2) is 31.0 Å². The van der Waals surface area contributed by atoms with Crippen LogP contribution < -0.4 is 20.7 Å². The predicted octanol–water partition coefficient (Wildman–Crippen LogP) is 4.05. The summed E-state index contributed by atoms with van der Waals surface area (Å²) in [5.41, 5.74) is 1.96. The molecule has 150 valence electrons. The molecule has 0 fully saturated rings. The predicted molar refractivity (Wildman–Crippen MR) is 113 cm³/mol. The van der Waals surface area contributed by atoms with Gasteiger partial charge in [0.1, 0.15) is 5.75 Å². The van der Waals surface area contributed by atoms with Gasteiger partial charge in [0.2, 0.25) is 5.91 Å². The summed E-state index contributed by atoms with van der Waals surface area (Å²) in [6.45, 7) is 6.76. The van der Waals surface area contributed by atoms with Gasteiger partial charge < -0.3 is 20.7 Å². The molecular weight excluding hydrogens is 354 g/mol. The second-order valence-corrected chi connectivity index (χ2v) is 6.64. The monoisotopic (exact) mass is 383 g/mol. The molecular formula is C22H29N3O3. The number of benzene rings is 2. The largest absolute Gasteiger partial charge is 0.494 e. The maximum absolute atomic E-state index is 12.2. The second kappa shape index (κ2) is 11.0. The zero-order valence-corrected chi connectivity index (χ0v) is 16.7. The minimum atomic E-state index is -0.179. The first kappa shape index (κ1) is 21.3. The molecule has 3 N–H and O–H groups in total. The number of rotatable bonds is 10. The van der Waals surface area contributed by atoms with Gasteiger partial charge in [0.15, 0.2) is 0 Å². The molecule has 1 unspecified atom stereocenters. The fraction of sp³-hybridized carbons (Fsp3) is 0.364. The fourth-order valence-electron chi connectivity index (χ4n) is 2.45. The molecule has 2 aromatic carbocycles. The Hall–Kier alpha value is -3.02. The Morgan fingerprint density at radius 2 is 1.79 bits per heavy atom. The van der Waals surface area contributed by atoms with Crippen LogP contribution >= 0.6 is 0 Å². The minimum absolute atomic E-state index is 0.0937. The van der Waals surface area contributed by atoms with Crippen molar-refractivity contribution in [1.29, 1.82) is 0 Å². The standard InChI is InChI=1S/C22H29N3O3/c1-4-12-28-20-11-7-10-19(14-20)25-21(26)15-23-18-9-6-8-17(13-18)22(27)24-16(3)5-2/h6-11,13-14,16,23H,4-5,12,15H2,1-3H3,(H,24,27)(H,25,26). The number of carbonyl (C=O) groups excluding carboxylic acids is 2. The van der Waals surface area contributed by atoms with Gasteiger partial charge in [-0.1, -0.05) is 26.0 Å². The normalized spacial score (nSPS) is 11.4. The first-order valence-electron chi connectivity index (χ1n) is 9.69. The maximum Gasteiger partial charge on any atom is 0.251 e. The third-order valence-electron chi connectivity index (χ3n) is 4.16. The Kier molecular flexibility index (Phi) is 8.34. The highest BCUT2D eigenvalue weighted by molar-refractivity contribution is 5.96. The highest BCUT2D eigenvalue weighted by atomic mass is 16.5. The number of hydrogen-bond donors (Lipinski definition) is 3. The van der Waals surface area contributed by atoms with Crippen molar-refractivity contribution in [3.05, 3.63) is 54.1 Å². The van der Waals surface area contributed by atoms with E-state index >= 15 is 0 Å². The van der Waals surface area contributed by atoms with E-state index in [0.717, 1.165) is 18.6 Å². The van der Waals surface area contributed by atoms with Crippen LogP contribution in [0.2, 0.25) is 0 Å². The van der Waals surface area contributed by atoms with E-state index in [2.05, 4.69) is 16.0 Å². The van der Waals surface area contributed by atoms with Gasteiger partial charge in [-0.15, -0.1) is 0 Å². The molecule has 6 heteroatoms. The van der Waals surface area contributed by atoms with Crippen molar-refractivity contribution in [3.63, 3.8) is 0 Å². The molecule has 0 aromatic heterocycles. The highest BCUT2D eigenvalue weighted by Gasteiger charge is 2.09. The molecule has 0 aliphatic carbocycles. The zero-order chi connectivity index (χ0) is 20.4. The van der Waals surface area contributed by atoms with Crippen LogP contribution in [0.25, 0.3) is 0 Å². The molecule has 0 saturated heterocycles. The molecule has 2 aromatic rings. The Balaban J connectivity index is 1.89. The first-order valence-corrected chi connectivity index (χ1v) is 9.69. The molecule has 0 heterocycles. The lowest BCUT2D eigenvalue weighted by molar-refractivity contribution is -0.114. The van der Waals surface area contributed by atoms with Crippen molar-refractivity contribution in [3.8, 4) is 5.75 Å². The first-order chi connectivity index (χ1) is 13.5. The third kappa shape index (κ3) is 6.95. The van der Waals surface area contributed by atoms with Gasteiger partial charge >= 0.3 is 0 Å². The molecule has 0 radical (unpaired) electrons. The number of anilines is 2. The summed E-state index contributed by atoms with van der Waals surface area (Å²) in [6, 6.07) is 14.5. The summed E-state index contributed by atoms with van der Waals surface area (Å²) in [5, 5.41) is 8.82. The molecule has 0 bridgehead atoms. The lowest BCUT2D eigenvalue weighted by atomic mass is 10.1. The van der Waals surface area contributed by atoms with Gasteiger partial charge in [0.05, 0.1) is 13.2 Å². The average Bonchev–Trinajstić information content (AvgIpc) is 2.71. The minimum Gasteiger partial charge on any atom is -0.494 e. The van der Waals surface area contributed by atoms with Crippen LogP contribution in [0.1, 0.15) is 44.0 Å². The molecule has 28 heavy (non-hydrogen) atoms. The maximum atomic E-state index is 12.2. The van der Waals surface area contributed by atoms with Gasteiger partial charge in [-0.05, 0) is 50.1 Å². The smallest absolute Gasteiger partial charge is 0.251 e. The quantitative estimate of drug-likeness (QED) is 0.578. The molecule has 2 rings (SSSR count). The van der Waals surface area contributed by atoms with E-state index in [9.17, 15) is 9.59 Å². The van der Waals surface area contributed by atoms with Gasteiger partial charge in [-0.2, -0.15) is 0 Å². The van der Waals surface area contributed by atoms with Crippen LogP contribution in [0, 0.1) is 0 Å². The van der Waals surface area contributed by atoms with E-state index in [1.807, 2.05) is 45.0 Å². The van der Waals surface area contributed by atoms with Crippen LogP contribution in [0.15, 0.2) is 48.5 Å². The topological polar surface area (TPSA) is 79.5 Å². The van der Waals surface area contributed by atoms with Gasteiger partial charge in [-0.3, -0.25) is 9.59 Å². The fourth-order valence-corrected chi connectivity index (χ4v) is 2.45. The third-order valence-corrected chi connectivity index (χ3v) is 4.16. The molecule has 2 amide bonds. The van der Waals surface area contributed by atoms with Crippen LogP contribution in [-0.2, 0) is 4.79 Å². The molecule has 0 aliphatic rings. The highest BCUT2D eigenvalue weighted by Crippen LogP contribution is 2.17. The van der Waals surface area contributed by atoms with Crippen molar-refractivity contribution in [1.82, 2.24) is 5.32 Å². The summed E-state index contributed by atoms with van der Waals surface area (Å²) in [6.07, 6.45) is 1.80. The molecule has 0 spiro atoms. The van der Waals surface area contributed by atoms with Gasteiger partial charge in [0.25, 0.3) is 5.91 Å². The lowest BCUT2D eigenvalue weighted by Gasteiger charge is -2.13. The summed E-state index contributed by atoms with van der Waals surface area (Å²) in [4.78, 5) is 24.4. The second-order valence-electron chi connectivity index (χ2n) is 6.64. The van der Waals surface area contributed by atoms with Crippen LogP contribution in [0.4, 0.5) is 11.4 Å². The van der Waals surface area contributed by atoms with Crippen LogP contribution in [0.3, 0.4) is 0 Å². The zero-order valence-electron chi connectivity index (χ0n) is 16.7. The van der Waals surface area contributed by atoms with Crippen molar-refractivity contribution in [2.24, 2.45) is 0 Å². The molecule has 6 nitrogen and oxygen atoms in total. The summed E-state index contributed by atoms with van der Waals surface area (Å²) >= 11 is 0. The molecule has 0 aliphatic heterocycles. The van der Waals surface area contributed by atoms with Gasteiger partial charge in [-0.25, -0.2) is 0 Å². The number of ether oxygens (including phenoxy) is 1. The SMILES string of the molecule is CCCOc1cccc(NC(=O)CNc2cccc(C(=O)NC(C)CC)c2)c1. The average molecular weight is 383 g/mol. The van der Waals surface area contributed by atoms with Crippen LogP contribution in [0.5, 0.6) is 5.75 Å². The van der Waals surface area contributed by atoms with E-state index in [-0.39, 0.29) is 24.4 Å². The van der Waals surface area contributed by atoms with Crippen molar-refractivity contribution in [2.45, 2.75) is 39.7 Å². The number of hydrogen-bond acceptors (Lipinski definition) is 4. The molecule has 1 atom stereocenters. The van der Waals surface area contributed by atoms with E-state index in [1.165, 1.54) is 0 Å². The summed E-state index contributed by atoms with van der Waals surface area (Å²) < 4.78 is 5.57. The number of amides is 2. The number of nitrogens with one attached hydrogen (secondary N) is 3. The van der Waals surface area contributed by atoms with Gasteiger partial charge in [0, 0.05) is 29.0 Å². The Morgan fingerprint density at radius 3 is 2.54 bits per heavy atom. The van der Waals surface area contributed by atoms with Crippen molar-refractivity contribution in [2.75, 3.05) is 23.8 Å². The van der Waals surface area contributed by atoms with E-state index in [0.29, 0.717) is 23.5 Å². The summed E-state index contributed by atoms with van der Waals surface area (Å²) in [7, 11) is 0. The van der Waals surface area contributed by atoms with E-state index < -0.39 is 0 Å². The Morgan fingerprint density at radius 1 is 1.04 bits per heavy atom. The van der Waals surface area contributed by atoms with Crippen molar-refractivity contribution >= 4 is 23.2 Å². The van der Waals surface area contributed by atoms with Crippen molar-refractivity contribution < 1.29 is 14.3 Å². The summed E-state index contributed by atoms with van der Waals surface area (Å²) in [5.74, 6) is 0.432. The van der Waals surface area contributed by atoms with E-state index in [4.69, 9.17) is 4.74 Å². The Bertz CT molecular complexity index is 792. The van der Waals surface area contributed by atoms with E-state index in [1.54, 1.807) is 24.3 Å². The molecule has 0 saturated carbocycles. The Labute approximate surface area is 166 Å². The number of carbonyl (C=O) groups is 2. The lowest BCUT2D eigenvalue weighted by Crippen LogP contribution is -2.31.